The first kappa shape index (κ1) is 11.6. The van der Waals surface area contributed by atoms with Gasteiger partial charge in [0.1, 0.15) is 0 Å². The smallest absolute Gasteiger partial charge is 0.254 e. The van der Waals surface area contributed by atoms with Crippen LogP contribution >= 0.6 is 0 Å². The van der Waals surface area contributed by atoms with Crippen LogP contribution in [0.2, 0.25) is 0 Å². The van der Waals surface area contributed by atoms with E-state index in [-0.39, 0.29) is 5.56 Å². The molecule has 0 bridgehead atoms. The highest BCUT2D eigenvalue weighted by Gasteiger charge is 2.11. The number of benzene rings is 1. The van der Waals surface area contributed by atoms with Gasteiger partial charge in [-0.15, -0.1) is 0 Å². The van der Waals surface area contributed by atoms with Gasteiger partial charge in [0.15, 0.2) is 0 Å². The van der Waals surface area contributed by atoms with E-state index in [0.717, 1.165) is 22.2 Å². The van der Waals surface area contributed by atoms with Crippen LogP contribution in [0.4, 0.5) is 0 Å². The summed E-state index contributed by atoms with van der Waals surface area (Å²) in [7, 11) is 0. The summed E-state index contributed by atoms with van der Waals surface area (Å²) in [4.78, 5) is 23.2. The lowest BCUT2D eigenvalue weighted by atomic mass is 10.0. The lowest BCUT2D eigenvalue weighted by Gasteiger charge is -2.08. The summed E-state index contributed by atoms with van der Waals surface area (Å²) in [6, 6.07) is 9.76. The summed E-state index contributed by atoms with van der Waals surface area (Å²) in [5.41, 5.74) is 3.23. The maximum atomic E-state index is 11.9. The van der Waals surface area contributed by atoms with Crippen LogP contribution in [-0.4, -0.2) is 15.0 Å². The van der Waals surface area contributed by atoms with Crippen LogP contribution in [0.1, 0.15) is 12.5 Å². The number of nitrogens with zero attached hydrogens (tertiary/aromatic N) is 2. The van der Waals surface area contributed by atoms with E-state index >= 15 is 0 Å². The van der Waals surface area contributed by atoms with E-state index in [1.807, 2.05) is 37.3 Å². The molecular weight excluding hydrogens is 238 g/mol. The Kier molecular flexibility index (Phi) is 2.83. The van der Waals surface area contributed by atoms with Crippen molar-refractivity contribution in [2.75, 3.05) is 0 Å². The molecule has 4 heteroatoms. The molecule has 0 spiro atoms. The Morgan fingerprint density at radius 3 is 2.89 bits per heavy atom. The number of pyridine rings is 1. The zero-order valence-corrected chi connectivity index (χ0v) is 10.6. The summed E-state index contributed by atoms with van der Waals surface area (Å²) in [6.45, 7) is 1.96. The van der Waals surface area contributed by atoms with Gasteiger partial charge in [0.05, 0.1) is 17.5 Å². The van der Waals surface area contributed by atoms with Crippen LogP contribution < -0.4 is 5.56 Å². The molecule has 0 atom stereocenters. The molecule has 19 heavy (non-hydrogen) atoms. The number of H-pyrrole nitrogens is 1. The lowest BCUT2D eigenvalue weighted by Crippen LogP contribution is -2.14. The summed E-state index contributed by atoms with van der Waals surface area (Å²) < 4.78 is 0. The van der Waals surface area contributed by atoms with E-state index < -0.39 is 0 Å². The van der Waals surface area contributed by atoms with Gasteiger partial charge in [-0.05, 0) is 18.6 Å². The van der Waals surface area contributed by atoms with Gasteiger partial charge in [0.2, 0.25) is 0 Å². The molecule has 0 fully saturated rings. The topological polar surface area (TPSA) is 58.6 Å². The lowest BCUT2D eigenvalue weighted by molar-refractivity contribution is 1.01. The zero-order valence-electron chi connectivity index (χ0n) is 10.6. The molecule has 0 saturated carbocycles. The van der Waals surface area contributed by atoms with Gasteiger partial charge in [0, 0.05) is 22.7 Å². The van der Waals surface area contributed by atoms with Crippen LogP contribution in [0.15, 0.2) is 47.7 Å². The van der Waals surface area contributed by atoms with Crippen molar-refractivity contribution < 1.29 is 0 Å². The Labute approximate surface area is 110 Å². The van der Waals surface area contributed by atoms with Gasteiger partial charge in [-0.1, -0.05) is 25.1 Å². The fourth-order valence-electron chi connectivity index (χ4n) is 2.30. The number of aromatic amines is 1. The number of rotatable bonds is 2. The third kappa shape index (κ3) is 1.91. The van der Waals surface area contributed by atoms with Crippen molar-refractivity contribution >= 4 is 10.9 Å². The summed E-state index contributed by atoms with van der Waals surface area (Å²) in [6.07, 6.45) is 3.86. The first-order valence-electron chi connectivity index (χ1n) is 6.22. The first-order valence-corrected chi connectivity index (χ1v) is 6.22. The van der Waals surface area contributed by atoms with Gasteiger partial charge in [0.25, 0.3) is 5.56 Å². The first-order chi connectivity index (χ1) is 9.31. The maximum Gasteiger partial charge on any atom is 0.254 e. The molecule has 3 rings (SSSR count). The van der Waals surface area contributed by atoms with Crippen molar-refractivity contribution in [2.24, 2.45) is 0 Å². The Hall–Kier alpha value is -2.49. The highest BCUT2D eigenvalue weighted by Crippen LogP contribution is 2.27. The van der Waals surface area contributed by atoms with Gasteiger partial charge in [-0.3, -0.25) is 9.78 Å². The molecule has 3 aromatic rings. The number of nitrogens with one attached hydrogen (secondary N) is 1. The SMILES string of the molecule is CCc1c(-c2cccc3ncccc23)nc[nH]c1=O. The highest BCUT2D eigenvalue weighted by molar-refractivity contribution is 5.94. The third-order valence-electron chi connectivity index (χ3n) is 3.20. The molecule has 0 unspecified atom stereocenters. The summed E-state index contributed by atoms with van der Waals surface area (Å²) in [5.74, 6) is 0. The average molecular weight is 251 g/mol. The molecule has 94 valence electrons. The fraction of sp³-hybridized carbons (Fsp3) is 0.133. The second-order valence-corrected chi connectivity index (χ2v) is 4.29. The normalized spacial score (nSPS) is 10.8. The predicted molar refractivity (Wildman–Crippen MR) is 75.0 cm³/mol. The van der Waals surface area contributed by atoms with Crippen molar-refractivity contribution in [1.82, 2.24) is 15.0 Å². The number of fused-ring (bicyclic) bond motifs is 1. The zero-order chi connectivity index (χ0) is 13.2. The van der Waals surface area contributed by atoms with E-state index in [1.54, 1.807) is 6.20 Å². The van der Waals surface area contributed by atoms with Crippen molar-refractivity contribution in [3.63, 3.8) is 0 Å². The van der Waals surface area contributed by atoms with Crippen LogP contribution in [0, 0.1) is 0 Å². The summed E-state index contributed by atoms with van der Waals surface area (Å²) in [5, 5.41) is 1.01. The average Bonchev–Trinajstić information content (AvgIpc) is 2.46. The standard InChI is InChI=1S/C15H13N3O/c1-2-10-14(17-9-18-15(10)19)12-5-3-7-13-11(12)6-4-8-16-13/h3-9H,2H2,1H3,(H,17,18,19). The summed E-state index contributed by atoms with van der Waals surface area (Å²) >= 11 is 0. The quantitative estimate of drug-likeness (QED) is 0.761. The van der Waals surface area contributed by atoms with Crippen LogP contribution in [0.5, 0.6) is 0 Å². The van der Waals surface area contributed by atoms with Gasteiger partial charge < -0.3 is 4.98 Å². The van der Waals surface area contributed by atoms with Gasteiger partial charge in [-0.25, -0.2) is 4.98 Å². The van der Waals surface area contributed by atoms with Crippen LogP contribution in [-0.2, 0) is 6.42 Å². The predicted octanol–water partition coefficient (Wildman–Crippen LogP) is 2.55. The molecular formula is C15H13N3O. The number of hydrogen-bond donors (Lipinski definition) is 1. The van der Waals surface area contributed by atoms with Crippen LogP contribution in [0.25, 0.3) is 22.2 Å². The second-order valence-electron chi connectivity index (χ2n) is 4.29. The van der Waals surface area contributed by atoms with Crippen LogP contribution in [0.3, 0.4) is 0 Å². The molecule has 0 aliphatic carbocycles. The third-order valence-corrected chi connectivity index (χ3v) is 3.20. The number of hydrogen-bond acceptors (Lipinski definition) is 3. The molecule has 0 amide bonds. The molecule has 1 N–H and O–H groups in total. The highest BCUT2D eigenvalue weighted by atomic mass is 16.1. The van der Waals surface area contributed by atoms with E-state index in [1.165, 1.54) is 6.33 Å². The van der Waals surface area contributed by atoms with E-state index in [2.05, 4.69) is 15.0 Å². The van der Waals surface area contributed by atoms with Crippen molar-refractivity contribution in [1.29, 1.82) is 0 Å². The Morgan fingerprint density at radius 1 is 1.16 bits per heavy atom. The molecule has 4 nitrogen and oxygen atoms in total. The molecule has 0 aliphatic heterocycles. The maximum absolute atomic E-state index is 11.9. The molecule has 0 saturated heterocycles. The Balaban J connectivity index is 2.37. The largest absolute Gasteiger partial charge is 0.313 e. The fourth-order valence-corrected chi connectivity index (χ4v) is 2.30. The molecule has 0 aliphatic rings. The minimum absolute atomic E-state index is 0.0756. The molecule has 2 aromatic heterocycles. The van der Waals surface area contributed by atoms with Crippen molar-refractivity contribution in [3.8, 4) is 11.3 Å². The second kappa shape index (κ2) is 4.65. The van der Waals surface area contributed by atoms with E-state index in [4.69, 9.17) is 0 Å². The van der Waals surface area contributed by atoms with E-state index in [0.29, 0.717) is 12.0 Å². The van der Waals surface area contributed by atoms with Crippen molar-refractivity contribution in [3.05, 3.63) is 58.8 Å². The monoisotopic (exact) mass is 251 g/mol. The minimum Gasteiger partial charge on any atom is -0.313 e. The molecule has 0 radical (unpaired) electrons. The minimum atomic E-state index is -0.0756. The van der Waals surface area contributed by atoms with Gasteiger partial charge >= 0.3 is 0 Å². The Morgan fingerprint density at radius 2 is 2.05 bits per heavy atom. The Bertz CT molecular complexity index is 787. The number of aromatic nitrogens is 3. The molecule has 2 heterocycles. The van der Waals surface area contributed by atoms with E-state index in [9.17, 15) is 4.79 Å². The van der Waals surface area contributed by atoms with Crippen molar-refractivity contribution in [2.45, 2.75) is 13.3 Å². The molecule has 1 aromatic carbocycles. The van der Waals surface area contributed by atoms with Gasteiger partial charge in [-0.2, -0.15) is 0 Å².